The molecule has 2 N–H and O–H groups in total. The van der Waals surface area contributed by atoms with Gasteiger partial charge in [0.05, 0.1) is 16.1 Å². The molecule has 0 unspecified atom stereocenters. The van der Waals surface area contributed by atoms with Crippen molar-refractivity contribution in [3.8, 4) is 0 Å². The number of rotatable bonds is 5. The Labute approximate surface area is 152 Å². The molecule has 2 heterocycles. The van der Waals surface area contributed by atoms with Crippen molar-refractivity contribution in [1.82, 2.24) is 5.32 Å². The lowest BCUT2D eigenvalue weighted by Gasteiger charge is -2.33. The highest BCUT2D eigenvalue weighted by Gasteiger charge is 2.28. The molecule has 0 aromatic carbocycles. The van der Waals surface area contributed by atoms with Crippen LogP contribution in [0.1, 0.15) is 66.8 Å². The molecular formula is C19H26N2O3S. The van der Waals surface area contributed by atoms with Crippen molar-refractivity contribution in [3.05, 3.63) is 40.7 Å². The molecule has 0 aliphatic heterocycles. The van der Waals surface area contributed by atoms with Gasteiger partial charge in [-0.15, -0.1) is 11.3 Å². The van der Waals surface area contributed by atoms with E-state index in [-0.39, 0.29) is 28.5 Å². The predicted octanol–water partition coefficient (Wildman–Crippen LogP) is 4.85. The van der Waals surface area contributed by atoms with Gasteiger partial charge in [-0.3, -0.25) is 9.59 Å². The van der Waals surface area contributed by atoms with E-state index in [9.17, 15) is 9.59 Å². The first kappa shape index (κ1) is 19.2. The first-order valence-corrected chi connectivity index (χ1v) is 9.06. The number of carbonyl (C=O) groups is 2. The van der Waals surface area contributed by atoms with E-state index in [2.05, 4.69) is 31.4 Å². The quantitative estimate of drug-likeness (QED) is 0.799. The standard InChI is InChI=1S/C19H26N2O3S/c1-12-10-14(20-16(22)13-8-7-9-24-13)25-15(12)17(23)21-19(5,6)11-18(2,3)4/h7-10H,11H2,1-6H3,(H,20,22)(H,21,23). The van der Waals surface area contributed by atoms with Gasteiger partial charge >= 0.3 is 0 Å². The molecule has 2 amide bonds. The molecule has 0 aliphatic carbocycles. The minimum atomic E-state index is -0.328. The summed E-state index contributed by atoms with van der Waals surface area (Å²) < 4.78 is 5.08. The summed E-state index contributed by atoms with van der Waals surface area (Å²) in [5.41, 5.74) is 0.635. The largest absolute Gasteiger partial charge is 0.459 e. The molecule has 25 heavy (non-hydrogen) atoms. The minimum absolute atomic E-state index is 0.115. The third-order valence-electron chi connectivity index (χ3n) is 3.53. The Kier molecular flexibility index (Phi) is 5.42. The molecule has 2 aromatic rings. The van der Waals surface area contributed by atoms with Gasteiger partial charge in [0.15, 0.2) is 5.76 Å². The number of furan rings is 1. The molecule has 136 valence electrons. The van der Waals surface area contributed by atoms with Gasteiger partial charge in [-0.25, -0.2) is 0 Å². The Hall–Kier alpha value is -2.08. The number of amides is 2. The zero-order chi connectivity index (χ0) is 18.8. The second kappa shape index (κ2) is 7.04. The highest BCUT2D eigenvalue weighted by Crippen LogP contribution is 2.30. The van der Waals surface area contributed by atoms with Crippen LogP contribution in [0.3, 0.4) is 0 Å². The number of thiophene rings is 1. The maximum Gasteiger partial charge on any atom is 0.291 e. The van der Waals surface area contributed by atoms with Gasteiger partial charge in [-0.2, -0.15) is 0 Å². The number of hydrogen-bond donors (Lipinski definition) is 2. The van der Waals surface area contributed by atoms with Crippen molar-refractivity contribution in [2.45, 2.75) is 53.5 Å². The van der Waals surface area contributed by atoms with Crippen LogP contribution < -0.4 is 10.6 Å². The number of nitrogens with one attached hydrogen (secondary N) is 2. The predicted molar refractivity (Wildman–Crippen MR) is 101 cm³/mol. The molecule has 0 aliphatic rings. The monoisotopic (exact) mass is 362 g/mol. The van der Waals surface area contributed by atoms with Crippen molar-refractivity contribution < 1.29 is 14.0 Å². The Morgan fingerprint density at radius 3 is 2.40 bits per heavy atom. The topological polar surface area (TPSA) is 71.3 Å². The van der Waals surface area contributed by atoms with E-state index in [1.54, 1.807) is 18.2 Å². The summed E-state index contributed by atoms with van der Waals surface area (Å²) in [5, 5.41) is 6.49. The molecule has 0 radical (unpaired) electrons. The highest BCUT2D eigenvalue weighted by atomic mass is 32.1. The second-order valence-electron chi connectivity index (χ2n) is 8.13. The van der Waals surface area contributed by atoms with Crippen LogP contribution in [0.4, 0.5) is 5.00 Å². The lowest BCUT2D eigenvalue weighted by molar-refractivity contribution is 0.0894. The van der Waals surface area contributed by atoms with Crippen LogP contribution in [-0.2, 0) is 0 Å². The first-order valence-electron chi connectivity index (χ1n) is 8.25. The number of anilines is 1. The molecule has 0 saturated carbocycles. The van der Waals surface area contributed by atoms with Crippen LogP contribution in [0, 0.1) is 12.3 Å². The summed E-state index contributed by atoms with van der Waals surface area (Å²) >= 11 is 1.27. The molecule has 6 heteroatoms. The SMILES string of the molecule is Cc1cc(NC(=O)c2ccco2)sc1C(=O)NC(C)(C)CC(C)(C)C. The summed E-state index contributed by atoms with van der Waals surface area (Å²) in [7, 11) is 0. The fraction of sp³-hybridized carbons (Fsp3) is 0.474. The van der Waals surface area contributed by atoms with Crippen LogP contribution in [0.15, 0.2) is 28.9 Å². The van der Waals surface area contributed by atoms with Crippen molar-refractivity contribution in [1.29, 1.82) is 0 Å². The molecular weight excluding hydrogens is 336 g/mol. The zero-order valence-corrected chi connectivity index (χ0v) is 16.5. The molecule has 5 nitrogen and oxygen atoms in total. The van der Waals surface area contributed by atoms with E-state index in [0.29, 0.717) is 9.88 Å². The van der Waals surface area contributed by atoms with Crippen molar-refractivity contribution in [2.24, 2.45) is 5.41 Å². The maximum absolute atomic E-state index is 12.7. The van der Waals surface area contributed by atoms with Crippen LogP contribution in [0.5, 0.6) is 0 Å². The van der Waals surface area contributed by atoms with Gasteiger partial charge in [0, 0.05) is 5.54 Å². The molecule has 0 bridgehead atoms. The highest BCUT2D eigenvalue weighted by molar-refractivity contribution is 7.18. The van der Waals surface area contributed by atoms with E-state index in [0.717, 1.165) is 12.0 Å². The fourth-order valence-electron chi connectivity index (χ4n) is 3.08. The normalized spacial score (nSPS) is 12.1. The summed E-state index contributed by atoms with van der Waals surface area (Å²) in [6, 6.07) is 5.06. The maximum atomic E-state index is 12.7. The van der Waals surface area contributed by atoms with E-state index in [1.165, 1.54) is 17.6 Å². The van der Waals surface area contributed by atoms with Crippen LogP contribution in [-0.4, -0.2) is 17.4 Å². The second-order valence-corrected chi connectivity index (χ2v) is 9.18. The smallest absolute Gasteiger partial charge is 0.291 e. The van der Waals surface area contributed by atoms with Crippen LogP contribution >= 0.6 is 11.3 Å². The Bertz CT molecular complexity index is 752. The first-order chi connectivity index (χ1) is 11.5. The van der Waals surface area contributed by atoms with Crippen molar-refractivity contribution in [3.63, 3.8) is 0 Å². The fourth-order valence-corrected chi connectivity index (χ4v) is 4.05. The zero-order valence-electron chi connectivity index (χ0n) is 15.6. The van der Waals surface area contributed by atoms with E-state index < -0.39 is 0 Å². The Morgan fingerprint density at radius 2 is 1.84 bits per heavy atom. The summed E-state index contributed by atoms with van der Waals surface area (Å²) in [6.45, 7) is 12.4. The van der Waals surface area contributed by atoms with E-state index >= 15 is 0 Å². The van der Waals surface area contributed by atoms with Gasteiger partial charge in [0.1, 0.15) is 0 Å². The Morgan fingerprint density at radius 1 is 1.16 bits per heavy atom. The van der Waals surface area contributed by atoms with Gasteiger partial charge in [-0.1, -0.05) is 20.8 Å². The summed E-state index contributed by atoms with van der Waals surface area (Å²) in [5.74, 6) is -0.204. The molecule has 0 saturated heterocycles. The summed E-state index contributed by atoms with van der Waals surface area (Å²) in [6.07, 6.45) is 2.31. The molecule has 0 atom stereocenters. The van der Waals surface area contributed by atoms with Crippen molar-refractivity contribution in [2.75, 3.05) is 5.32 Å². The third-order valence-corrected chi connectivity index (χ3v) is 4.68. The van der Waals surface area contributed by atoms with Crippen LogP contribution in [0.2, 0.25) is 0 Å². The molecule has 0 spiro atoms. The van der Waals surface area contributed by atoms with E-state index in [4.69, 9.17) is 4.42 Å². The number of hydrogen-bond acceptors (Lipinski definition) is 4. The summed E-state index contributed by atoms with van der Waals surface area (Å²) in [4.78, 5) is 25.3. The van der Waals surface area contributed by atoms with Gasteiger partial charge in [0.2, 0.25) is 0 Å². The van der Waals surface area contributed by atoms with Gasteiger partial charge in [-0.05, 0) is 56.4 Å². The van der Waals surface area contributed by atoms with Crippen molar-refractivity contribution >= 4 is 28.2 Å². The lowest BCUT2D eigenvalue weighted by Crippen LogP contribution is -2.45. The van der Waals surface area contributed by atoms with Gasteiger partial charge in [0.25, 0.3) is 11.8 Å². The minimum Gasteiger partial charge on any atom is -0.459 e. The third kappa shape index (κ3) is 5.46. The van der Waals surface area contributed by atoms with Gasteiger partial charge < -0.3 is 15.1 Å². The molecule has 0 fully saturated rings. The van der Waals surface area contributed by atoms with E-state index in [1.807, 2.05) is 20.8 Å². The average molecular weight is 362 g/mol. The lowest BCUT2D eigenvalue weighted by atomic mass is 9.82. The van der Waals surface area contributed by atoms with Crippen LogP contribution in [0.25, 0.3) is 0 Å². The number of carbonyl (C=O) groups excluding carboxylic acids is 2. The Balaban J connectivity index is 2.08. The average Bonchev–Trinajstić information content (AvgIpc) is 3.04. The molecule has 2 aromatic heterocycles. The number of aryl methyl sites for hydroxylation is 1. The molecule has 2 rings (SSSR count).